The Bertz CT molecular complexity index is 5160. The lowest BCUT2D eigenvalue weighted by atomic mass is 9.33. The molecule has 17 rings (SSSR count). The maximum atomic E-state index is 7.72. The molecule has 410 valence electrons. The Hall–Kier alpha value is -10.3. The first-order valence-electron chi connectivity index (χ1n) is 30.2. The maximum absolute atomic E-state index is 7.72. The van der Waals surface area contributed by atoms with Gasteiger partial charge in [0.1, 0.15) is 0 Å². The van der Waals surface area contributed by atoms with Crippen molar-refractivity contribution in [3.63, 3.8) is 0 Å². The fraction of sp³-hybridized carbons (Fsp3) is 0.100. The predicted molar refractivity (Wildman–Crippen MR) is 365 cm³/mol. The van der Waals surface area contributed by atoms with Crippen molar-refractivity contribution in [2.24, 2.45) is 0 Å². The second-order valence-corrected chi connectivity index (χ2v) is 25.7. The molecule has 0 N–H and O–H groups in total. The van der Waals surface area contributed by atoms with Crippen LogP contribution in [0, 0.1) is 0 Å². The summed E-state index contributed by atoms with van der Waals surface area (Å²) >= 11 is 0. The molecule has 0 unspecified atom stereocenters. The van der Waals surface area contributed by atoms with Gasteiger partial charge in [-0.2, -0.15) is 0 Å². The van der Waals surface area contributed by atoms with Crippen LogP contribution in [-0.2, 0) is 10.8 Å². The highest BCUT2D eigenvalue weighted by atomic mass is 16.3. The van der Waals surface area contributed by atoms with Gasteiger partial charge < -0.3 is 23.4 Å². The lowest BCUT2D eigenvalue weighted by Gasteiger charge is -2.45. The van der Waals surface area contributed by atoms with E-state index in [2.05, 4.69) is 321 Å². The number of para-hydroxylation sites is 5. The number of fused-ring (bicyclic) bond motifs is 13. The number of hydrogen-bond donors (Lipinski definition) is 0. The fourth-order valence-corrected chi connectivity index (χ4v) is 14.4. The average Bonchev–Trinajstić information content (AvgIpc) is 1.02. The van der Waals surface area contributed by atoms with Crippen molar-refractivity contribution in [1.82, 2.24) is 9.13 Å². The number of anilines is 6. The van der Waals surface area contributed by atoms with Crippen molar-refractivity contribution in [3.05, 3.63) is 272 Å². The summed E-state index contributed by atoms with van der Waals surface area (Å²) in [4.78, 5) is 5.16. The SMILES string of the molecule is CC(C)(C)c1ccc(N2c3cc(-n4c5ccccc5c5ccccc54)ccc3B3c4cc(-c5ccccc5)ccc4N(c4cc(-c5ccccc5)cc5c4oc4c(-n6c7ccccc7c7ccccc76)cccc45)c4cc(C(C)(C)C)cc2c43)cc1. The van der Waals surface area contributed by atoms with Gasteiger partial charge in [-0.15, -0.1) is 0 Å². The van der Waals surface area contributed by atoms with E-state index in [1.54, 1.807) is 0 Å². The quantitative estimate of drug-likeness (QED) is 0.155. The van der Waals surface area contributed by atoms with Crippen LogP contribution in [0.5, 0.6) is 0 Å². The van der Waals surface area contributed by atoms with Gasteiger partial charge >= 0.3 is 0 Å². The molecule has 2 aliphatic heterocycles. The van der Waals surface area contributed by atoms with E-state index < -0.39 is 0 Å². The summed E-state index contributed by atoms with van der Waals surface area (Å²) in [6.45, 7) is 13.8. The standard InChI is InChI=1S/C80H61BN4O/c1-79(2,3)54-37-39-56(40-38-54)82-72-49-57(83-66-31-17-13-26-58(66)59-27-14-18-32-67(59)83)41-42-64(72)81-65-45-52(50-22-9-7-10-23-50)36-43-70(65)85(74-48-55(80(4,5)6)47-73(82)76(74)81)75-46-53(51-24-11-8-12-25-51)44-63-62-30-21-35-71(77(62)86-78(63)75)84-68-33-19-15-28-60(68)61-29-16-20-34-69(61)84/h7-49H,1-6H3. The molecule has 5 heterocycles. The first kappa shape index (κ1) is 50.2. The molecule has 0 spiro atoms. The maximum Gasteiger partial charge on any atom is 0.252 e. The van der Waals surface area contributed by atoms with Crippen LogP contribution in [0.25, 0.3) is 99.2 Å². The molecule has 0 bridgehead atoms. The highest BCUT2D eigenvalue weighted by Gasteiger charge is 2.45. The lowest BCUT2D eigenvalue weighted by Crippen LogP contribution is -2.61. The zero-order valence-electron chi connectivity index (χ0n) is 49.1. The minimum atomic E-state index is -0.241. The van der Waals surface area contributed by atoms with Crippen molar-refractivity contribution < 1.29 is 4.42 Å². The largest absolute Gasteiger partial charge is 0.452 e. The van der Waals surface area contributed by atoms with Gasteiger partial charge in [0, 0.05) is 66.4 Å². The highest BCUT2D eigenvalue weighted by Crippen LogP contribution is 2.51. The third kappa shape index (κ3) is 7.51. The Labute approximate surface area is 501 Å². The molecule has 0 saturated heterocycles. The predicted octanol–water partition coefficient (Wildman–Crippen LogP) is 19.8. The number of furan rings is 1. The Morgan fingerprint density at radius 1 is 0.291 bits per heavy atom. The van der Waals surface area contributed by atoms with Gasteiger partial charge in [0.25, 0.3) is 6.71 Å². The molecule has 0 amide bonds. The van der Waals surface area contributed by atoms with Crippen molar-refractivity contribution in [2.45, 2.75) is 52.4 Å². The van der Waals surface area contributed by atoms with Gasteiger partial charge in [0.2, 0.25) is 0 Å². The van der Waals surface area contributed by atoms with E-state index in [1.807, 2.05) is 0 Å². The van der Waals surface area contributed by atoms with E-state index in [-0.39, 0.29) is 17.5 Å². The van der Waals surface area contributed by atoms with Crippen molar-refractivity contribution in [3.8, 4) is 33.6 Å². The normalized spacial score (nSPS) is 13.2. The van der Waals surface area contributed by atoms with Crippen LogP contribution >= 0.6 is 0 Å². The van der Waals surface area contributed by atoms with E-state index >= 15 is 0 Å². The summed E-state index contributed by atoms with van der Waals surface area (Å²) in [6.07, 6.45) is 0. The van der Waals surface area contributed by atoms with Crippen LogP contribution in [0.4, 0.5) is 34.1 Å². The minimum absolute atomic E-state index is 0.0282. The van der Waals surface area contributed by atoms with E-state index in [1.165, 1.54) is 76.9 Å². The molecule has 6 heteroatoms. The molecule has 3 aromatic heterocycles. The van der Waals surface area contributed by atoms with Crippen molar-refractivity contribution >= 4 is 123 Å². The summed E-state index contributed by atoms with van der Waals surface area (Å²) in [7, 11) is 0. The topological polar surface area (TPSA) is 29.5 Å². The van der Waals surface area contributed by atoms with Crippen molar-refractivity contribution in [2.75, 3.05) is 9.80 Å². The number of aromatic nitrogens is 2. The molecular weight excluding hydrogens is 1040 g/mol. The summed E-state index contributed by atoms with van der Waals surface area (Å²) in [5.74, 6) is 0. The van der Waals surface area contributed by atoms with Crippen LogP contribution < -0.4 is 26.2 Å². The van der Waals surface area contributed by atoms with Crippen LogP contribution in [-0.4, -0.2) is 15.8 Å². The first-order valence-corrected chi connectivity index (χ1v) is 30.2. The minimum Gasteiger partial charge on any atom is -0.452 e. The molecule has 2 aliphatic rings. The smallest absolute Gasteiger partial charge is 0.252 e. The Kier molecular flexibility index (Phi) is 10.9. The van der Waals surface area contributed by atoms with Crippen LogP contribution in [0.2, 0.25) is 0 Å². The Morgan fingerprint density at radius 2 is 0.802 bits per heavy atom. The van der Waals surface area contributed by atoms with E-state index in [9.17, 15) is 0 Å². The molecule has 15 aromatic rings. The second-order valence-electron chi connectivity index (χ2n) is 25.7. The molecule has 0 radical (unpaired) electrons. The van der Waals surface area contributed by atoms with Gasteiger partial charge in [-0.05, 0) is 146 Å². The van der Waals surface area contributed by atoms with Gasteiger partial charge in [-0.1, -0.05) is 217 Å². The Morgan fingerprint density at radius 3 is 1.40 bits per heavy atom. The number of hydrogen-bond acceptors (Lipinski definition) is 3. The molecule has 86 heavy (non-hydrogen) atoms. The molecule has 0 atom stereocenters. The van der Waals surface area contributed by atoms with Crippen LogP contribution in [0.15, 0.2) is 265 Å². The number of benzene rings is 12. The van der Waals surface area contributed by atoms with E-state index in [0.29, 0.717) is 0 Å². The molecule has 0 saturated carbocycles. The molecular formula is C80H61BN4O. The zero-order valence-corrected chi connectivity index (χ0v) is 49.1. The third-order valence-electron chi connectivity index (χ3n) is 18.6. The van der Waals surface area contributed by atoms with Gasteiger partial charge in [-0.3, -0.25) is 0 Å². The van der Waals surface area contributed by atoms with Crippen molar-refractivity contribution in [1.29, 1.82) is 0 Å². The first-order chi connectivity index (χ1) is 41.9. The van der Waals surface area contributed by atoms with E-state index in [0.717, 1.165) is 83.9 Å². The highest BCUT2D eigenvalue weighted by molar-refractivity contribution is 7.00. The van der Waals surface area contributed by atoms with Gasteiger partial charge in [-0.25, -0.2) is 0 Å². The summed E-state index contributed by atoms with van der Waals surface area (Å²) in [5, 5.41) is 7.04. The fourth-order valence-electron chi connectivity index (χ4n) is 14.4. The summed E-state index contributed by atoms with van der Waals surface area (Å²) in [5.41, 5.74) is 25.8. The zero-order chi connectivity index (χ0) is 57.7. The molecule has 0 fully saturated rings. The van der Waals surface area contributed by atoms with Gasteiger partial charge in [0.05, 0.1) is 33.4 Å². The van der Waals surface area contributed by atoms with Gasteiger partial charge in [0.15, 0.2) is 11.2 Å². The second kappa shape index (κ2) is 18.6. The lowest BCUT2D eigenvalue weighted by molar-refractivity contribution is 0.590. The molecule has 0 aliphatic carbocycles. The Balaban J connectivity index is 0.991. The van der Waals surface area contributed by atoms with Crippen LogP contribution in [0.3, 0.4) is 0 Å². The van der Waals surface area contributed by atoms with E-state index in [4.69, 9.17) is 4.42 Å². The summed E-state index contributed by atoms with van der Waals surface area (Å²) in [6, 6.07) is 97.3. The average molecular weight is 1110 g/mol. The number of nitrogens with zero attached hydrogens (tertiary/aromatic N) is 4. The van der Waals surface area contributed by atoms with Crippen LogP contribution in [0.1, 0.15) is 52.7 Å². The summed E-state index contributed by atoms with van der Waals surface area (Å²) < 4.78 is 12.6. The number of rotatable bonds is 6. The molecule has 5 nitrogen and oxygen atoms in total. The molecule has 12 aromatic carbocycles. The monoisotopic (exact) mass is 1100 g/mol. The third-order valence-corrected chi connectivity index (χ3v) is 18.6.